The molecule has 0 saturated carbocycles. The normalized spacial score (nSPS) is 13.9. The Morgan fingerprint density at radius 1 is 1.39 bits per heavy atom. The molecular weight excluding hydrogens is 230 g/mol. The van der Waals surface area contributed by atoms with Crippen molar-refractivity contribution in [3.05, 3.63) is 35.4 Å². The molecule has 0 N–H and O–H groups in total. The average molecular weight is 247 g/mol. The van der Waals surface area contributed by atoms with Crippen molar-refractivity contribution in [2.75, 3.05) is 13.2 Å². The standard InChI is InChI=1S/C14H17NO3/c1-10(2)9-18-13(16)8-15-7-11-5-3-4-6-12(11)14(15)17/h3-6,10H,7-9H2,1-2H3. The molecule has 18 heavy (non-hydrogen) atoms. The first-order chi connectivity index (χ1) is 8.58. The fourth-order valence-corrected chi connectivity index (χ4v) is 1.90. The van der Waals surface area contributed by atoms with Crippen LogP contribution in [0.15, 0.2) is 24.3 Å². The summed E-state index contributed by atoms with van der Waals surface area (Å²) in [6, 6.07) is 7.42. The molecule has 4 nitrogen and oxygen atoms in total. The van der Waals surface area contributed by atoms with E-state index in [2.05, 4.69) is 0 Å². The lowest BCUT2D eigenvalue weighted by molar-refractivity contribution is -0.145. The molecular formula is C14H17NO3. The molecule has 1 aliphatic rings. The SMILES string of the molecule is CC(C)COC(=O)CN1Cc2ccccc2C1=O. The summed E-state index contributed by atoms with van der Waals surface area (Å²) in [4.78, 5) is 25.1. The molecule has 1 aromatic carbocycles. The first-order valence-electron chi connectivity index (χ1n) is 6.10. The van der Waals surface area contributed by atoms with Gasteiger partial charge in [-0.3, -0.25) is 9.59 Å². The van der Waals surface area contributed by atoms with Gasteiger partial charge in [0, 0.05) is 12.1 Å². The monoisotopic (exact) mass is 247 g/mol. The van der Waals surface area contributed by atoms with E-state index in [1.54, 1.807) is 6.07 Å². The van der Waals surface area contributed by atoms with Crippen molar-refractivity contribution in [2.24, 2.45) is 5.92 Å². The van der Waals surface area contributed by atoms with Gasteiger partial charge < -0.3 is 9.64 Å². The Bertz CT molecular complexity index is 468. The van der Waals surface area contributed by atoms with E-state index in [-0.39, 0.29) is 18.4 Å². The van der Waals surface area contributed by atoms with Gasteiger partial charge in [0.1, 0.15) is 6.54 Å². The smallest absolute Gasteiger partial charge is 0.325 e. The zero-order valence-corrected chi connectivity index (χ0v) is 10.7. The lowest BCUT2D eigenvalue weighted by Crippen LogP contribution is -2.31. The number of ether oxygens (including phenoxy) is 1. The number of rotatable bonds is 4. The van der Waals surface area contributed by atoms with Crippen LogP contribution in [0.4, 0.5) is 0 Å². The second-order valence-electron chi connectivity index (χ2n) is 4.90. The highest BCUT2D eigenvalue weighted by molar-refractivity contribution is 5.99. The number of esters is 1. The summed E-state index contributed by atoms with van der Waals surface area (Å²) in [5.74, 6) is -0.127. The van der Waals surface area contributed by atoms with Gasteiger partial charge >= 0.3 is 5.97 Å². The van der Waals surface area contributed by atoms with Crippen LogP contribution in [0.1, 0.15) is 29.8 Å². The second kappa shape index (κ2) is 5.21. The molecule has 0 spiro atoms. The quantitative estimate of drug-likeness (QED) is 0.763. The average Bonchev–Trinajstić information content (AvgIpc) is 2.65. The topological polar surface area (TPSA) is 46.6 Å². The minimum absolute atomic E-state index is 0.0280. The predicted octanol–water partition coefficient (Wildman–Crippen LogP) is 1.84. The van der Waals surface area contributed by atoms with E-state index < -0.39 is 0 Å². The van der Waals surface area contributed by atoms with Crippen LogP contribution in [0.5, 0.6) is 0 Å². The van der Waals surface area contributed by atoms with Crippen molar-refractivity contribution >= 4 is 11.9 Å². The van der Waals surface area contributed by atoms with Crippen LogP contribution in [-0.2, 0) is 16.1 Å². The number of nitrogens with zero attached hydrogens (tertiary/aromatic N) is 1. The molecule has 0 fully saturated rings. The summed E-state index contributed by atoms with van der Waals surface area (Å²) < 4.78 is 5.08. The van der Waals surface area contributed by atoms with E-state index in [4.69, 9.17) is 4.74 Å². The summed E-state index contributed by atoms with van der Waals surface area (Å²) >= 11 is 0. The van der Waals surface area contributed by atoms with Crippen LogP contribution < -0.4 is 0 Å². The maximum Gasteiger partial charge on any atom is 0.325 e. The molecule has 0 atom stereocenters. The van der Waals surface area contributed by atoms with Gasteiger partial charge in [-0.2, -0.15) is 0 Å². The van der Waals surface area contributed by atoms with E-state index in [9.17, 15) is 9.59 Å². The van der Waals surface area contributed by atoms with Crippen LogP contribution in [0.25, 0.3) is 0 Å². The fraction of sp³-hybridized carbons (Fsp3) is 0.429. The van der Waals surface area contributed by atoms with Gasteiger partial charge in [-0.25, -0.2) is 0 Å². The Morgan fingerprint density at radius 2 is 2.11 bits per heavy atom. The van der Waals surface area contributed by atoms with Gasteiger partial charge in [-0.1, -0.05) is 32.0 Å². The van der Waals surface area contributed by atoms with Gasteiger partial charge in [0.05, 0.1) is 6.61 Å². The molecule has 96 valence electrons. The molecule has 0 aromatic heterocycles. The van der Waals surface area contributed by atoms with Crippen molar-refractivity contribution in [3.8, 4) is 0 Å². The Morgan fingerprint density at radius 3 is 2.78 bits per heavy atom. The van der Waals surface area contributed by atoms with Gasteiger partial charge in [-0.15, -0.1) is 0 Å². The van der Waals surface area contributed by atoms with Crippen LogP contribution in [0.2, 0.25) is 0 Å². The predicted molar refractivity (Wildman–Crippen MR) is 67.0 cm³/mol. The second-order valence-corrected chi connectivity index (χ2v) is 4.90. The summed E-state index contributed by atoms with van der Waals surface area (Å²) in [7, 11) is 0. The van der Waals surface area contributed by atoms with Crippen molar-refractivity contribution < 1.29 is 14.3 Å². The number of fused-ring (bicyclic) bond motifs is 1. The molecule has 0 aliphatic carbocycles. The minimum atomic E-state index is -0.343. The third kappa shape index (κ3) is 2.70. The lowest BCUT2D eigenvalue weighted by Gasteiger charge is -2.15. The van der Waals surface area contributed by atoms with E-state index in [0.29, 0.717) is 24.6 Å². The molecule has 0 saturated heterocycles. The maximum atomic E-state index is 12.0. The summed E-state index contributed by atoms with van der Waals surface area (Å²) in [6.45, 7) is 4.87. The Balaban J connectivity index is 1.94. The third-order valence-electron chi connectivity index (χ3n) is 2.79. The summed E-state index contributed by atoms with van der Waals surface area (Å²) in [6.07, 6.45) is 0. The van der Waals surface area contributed by atoms with Crippen molar-refractivity contribution in [1.29, 1.82) is 0 Å². The maximum absolute atomic E-state index is 12.0. The third-order valence-corrected chi connectivity index (χ3v) is 2.79. The number of benzene rings is 1. The van der Waals surface area contributed by atoms with E-state index in [1.807, 2.05) is 32.0 Å². The Kier molecular flexibility index (Phi) is 3.65. The highest BCUT2D eigenvalue weighted by Gasteiger charge is 2.28. The van der Waals surface area contributed by atoms with Gasteiger partial charge in [0.15, 0.2) is 0 Å². The van der Waals surface area contributed by atoms with E-state index in [0.717, 1.165) is 5.56 Å². The highest BCUT2D eigenvalue weighted by Crippen LogP contribution is 2.21. The largest absolute Gasteiger partial charge is 0.464 e. The Labute approximate surface area is 107 Å². The molecule has 0 bridgehead atoms. The lowest BCUT2D eigenvalue weighted by atomic mass is 10.1. The number of hydrogen-bond acceptors (Lipinski definition) is 3. The Hall–Kier alpha value is -1.84. The van der Waals surface area contributed by atoms with Crippen LogP contribution in [0.3, 0.4) is 0 Å². The van der Waals surface area contributed by atoms with Crippen molar-refractivity contribution in [1.82, 2.24) is 4.90 Å². The molecule has 0 unspecified atom stereocenters. The first-order valence-corrected chi connectivity index (χ1v) is 6.10. The van der Waals surface area contributed by atoms with Gasteiger partial charge in [0.2, 0.25) is 0 Å². The minimum Gasteiger partial charge on any atom is -0.464 e. The zero-order chi connectivity index (χ0) is 13.1. The molecule has 1 aliphatic heterocycles. The zero-order valence-electron chi connectivity index (χ0n) is 10.7. The first kappa shape index (κ1) is 12.6. The molecule has 0 radical (unpaired) electrons. The summed E-state index contributed by atoms with van der Waals surface area (Å²) in [5.41, 5.74) is 1.66. The number of carbonyl (C=O) groups excluding carboxylic acids is 2. The molecule has 4 heteroatoms. The number of hydrogen-bond donors (Lipinski definition) is 0. The molecule has 1 aromatic rings. The van der Waals surface area contributed by atoms with Crippen LogP contribution in [-0.4, -0.2) is 29.9 Å². The molecule has 2 rings (SSSR count). The van der Waals surface area contributed by atoms with Crippen LogP contribution in [0, 0.1) is 5.92 Å². The van der Waals surface area contributed by atoms with E-state index >= 15 is 0 Å². The van der Waals surface area contributed by atoms with Crippen LogP contribution >= 0.6 is 0 Å². The molecule has 1 heterocycles. The summed E-state index contributed by atoms with van der Waals surface area (Å²) in [5, 5.41) is 0. The van der Waals surface area contributed by atoms with Crippen molar-refractivity contribution in [2.45, 2.75) is 20.4 Å². The van der Waals surface area contributed by atoms with Gasteiger partial charge in [0.25, 0.3) is 5.91 Å². The fourth-order valence-electron chi connectivity index (χ4n) is 1.90. The molecule has 1 amide bonds. The van der Waals surface area contributed by atoms with Gasteiger partial charge in [-0.05, 0) is 17.5 Å². The highest BCUT2D eigenvalue weighted by atomic mass is 16.5. The van der Waals surface area contributed by atoms with Crippen molar-refractivity contribution in [3.63, 3.8) is 0 Å². The number of carbonyl (C=O) groups is 2. The number of amides is 1. The van der Waals surface area contributed by atoms with E-state index in [1.165, 1.54) is 4.90 Å².